The van der Waals surface area contributed by atoms with Crippen LogP contribution in [0.3, 0.4) is 0 Å². The molecule has 26 nitrogen and oxygen atoms in total. The standard InChI is InChI=1S/C30H37ClN6O.C30H36ClN5O2.C27H28ClN5O.C27H30ClN5O/c1-4-27(38)19-23-8-5-9-24(18-23)29-28(31)21-33-30(35-29)34-26-11-6-10-25(20-26)32-12-7-13-36-14-16-37(17-15-36)22(2)3;1-4-26(37)19-23-8-5-9-24(18-23)29-28(31)21-32-30(34-29)33-25-10-6-11-27(20-25)38-17-7-12-35-13-15-36(16-14-35)22(2)3;1-2-24(34)16-19-5-3-6-20(15-19)26-25(28)18-29-27(31-26)30-21-7-4-8-23(17-21)33-13-11-32(12-14-33)22-9-10-22;1-4-24(34)16-20-7-5-8-21(15-20)26-25(28)18-29-27(31-26)30-22-9-6-10-23(17-22)33-13-11-32(12-14-33)19(2)3/h4-6,8-11,18,20-22,32H,1,7,12-17,19H2,2-3H3,(H,33,34,35);4-6,8-11,18,20-22H,1,7,12-17,19H2,2-3H3,(H,32,33,34);2-8,15,17-18,22H,1,9-14,16H2,(H,29,30,31);4-10,15,17-19H,1,11-14,16H2,2-3H3,(H,29,30,31). The summed E-state index contributed by atoms with van der Waals surface area (Å²) in [6.45, 7) is 49.1. The van der Waals surface area contributed by atoms with E-state index in [0.29, 0.717) is 111 Å². The lowest BCUT2D eigenvalue weighted by molar-refractivity contribution is -0.114. The number of anilines is 11. The molecule has 8 aromatic carbocycles. The Hall–Kier alpha value is -13.0. The van der Waals surface area contributed by atoms with Gasteiger partial charge in [-0.15, -0.1) is 0 Å². The van der Waals surface area contributed by atoms with Gasteiger partial charge >= 0.3 is 0 Å². The van der Waals surface area contributed by atoms with Crippen LogP contribution >= 0.6 is 46.4 Å². The molecule has 30 heteroatoms. The lowest BCUT2D eigenvalue weighted by Crippen LogP contribution is -2.49. The molecular weight excluding hydrogens is 1890 g/mol. The third-order valence-corrected chi connectivity index (χ3v) is 27.0. The second kappa shape index (κ2) is 53.6. The van der Waals surface area contributed by atoms with Gasteiger partial charge in [0.05, 0.1) is 74.3 Å². The Morgan fingerprint density at radius 3 is 1.01 bits per heavy atom. The maximum absolute atomic E-state index is 11.8. The summed E-state index contributed by atoms with van der Waals surface area (Å²) >= 11 is 25.7. The normalized spacial score (nSPS) is 14.8. The van der Waals surface area contributed by atoms with Crippen molar-refractivity contribution in [2.24, 2.45) is 0 Å². The highest BCUT2D eigenvalue weighted by atomic mass is 35.5. The molecule has 0 unspecified atom stereocenters. The van der Waals surface area contributed by atoms with Gasteiger partial charge in [-0.25, -0.2) is 39.9 Å². The fourth-order valence-corrected chi connectivity index (χ4v) is 18.5. The molecule has 0 amide bonds. The zero-order chi connectivity index (χ0) is 101. The van der Waals surface area contributed by atoms with Crippen molar-refractivity contribution in [1.29, 1.82) is 0 Å². The maximum atomic E-state index is 11.8. The van der Waals surface area contributed by atoms with E-state index in [1.54, 1.807) is 24.8 Å². The quantitative estimate of drug-likeness (QED) is 0.0176. The van der Waals surface area contributed by atoms with Crippen molar-refractivity contribution in [1.82, 2.24) is 69.3 Å². The first kappa shape index (κ1) is 107. The van der Waals surface area contributed by atoms with Gasteiger partial charge in [-0.2, -0.15) is 0 Å². The summed E-state index contributed by atoms with van der Waals surface area (Å²) in [5.74, 6) is 2.50. The number of benzene rings is 8. The van der Waals surface area contributed by atoms with Crippen molar-refractivity contribution in [3.63, 3.8) is 0 Å². The summed E-state index contributed by atoms with van der Waals surface area (Å²) in [6.07, 6.45) is 17.7. The number of ether oxygens (including phenoxy) is 1. The number of hydrogen-bond acceptors (Lipinski definition) is 26. The highest BCUT2D eigenvalue weighted by Gasteiger charge is 2.32. The van der Waals surface area contributed by atoms with Gasteiger partial charge in [0.1, 0.15) is 5.75 Å². The predicted octanol–water partition coefficient (Wildman–Crippen LogP) is 21.8. The molecule has 4 saturated heterocycles. The van der Waals surface area contributed by atoms with E-state index in [2.05, 4.69) is 216 Å². The molecule has 0 spiro atoms. The fraction of sp³-hybridized carbons (Fsp3) is 0.333. The van der Waals surface area contributed by atoms with Crippen LogP contribution in [0.25, 0.3) is 45.0 Å². The molecule has 4 aromatic heterocycles. The molecule has 1 aliphatic carbocycles. The number of carbonyl (C=O) groups is 4. The number of piperazine rings is 4. The zero-order valence-corrected chi connectivity index (χ0v) is 86.3. The van der Waals surface area contributed by atoms with Crippen molar-refractivity contribution < 1.29 is 23.9 Å². The Morgan fingerprint density at radius 1 is 0.361 bits per heavy atom. The molecular formula is C114H131Cl4N21O5. The first-order chi connectivity index (χ1) is 69.8. The van der Waals surface area contributed by atoms with Gasteiger partial charge in [0, 0.05) is 236 Å². The van der Waals surface area contributed by atoms with Gasteiger partial charge in [0.15, 0.2) is 23.1 Å². The first-order valence-electron chi connectivity index (χ1n) is 49.7. The van der Waals surface area contributed by atoms with E-state index in [9.17, 15) is 19.2 Å². The number of rotatable bonds is 40. The van der Waals surface area contributed by atoms with Crippen LogP contribution in [0.15, 0.2) is 270 Å². The van der Waals surface area contributed by atoms with E-state index in [0.717, 1.165) is 222 Å². The molecule has 12 aromatic rings. The number of halogens is 4. The smallest absolute Gasteiger partial charge is 0.227 e. The number of ketones is 4. The van der Waals surface area contributed by atoms with Gasteiger partial charge in [0.2, 0.25) is 23.8 Å². The molecule has 5 aliphatic rings. The van der Waals surface area contributed by atoms with Crippen LogP contribution in [0.5, 0.6) is 5.75 Å². The number of aromatic nitrogens is 8. The summed E-state index contributed by atoms with van der Waals surface area (Å²) < 4.78 is 6.03. The van der Waals surface area contributed by atoms with Crippen molar-refractivity contribution in [2.45, 2.75) is 117 Å². The summed E-state index contributed by atoms with van der Waals surface area (Å²) in [5.41, 5.74) is 16.3. The van der Waals surface area contributed by atoms with Gasteiger partial charge < -0.3 is 50.9 Å². The molecule has 144 heavy (non-hydrogen) atoms. The average Bonchev–Trinajstić information content (AvgIpc) is 0.919. The second-order valence-corrected chi connectivity index (χ2v) is 38.9. The van der Waals surface area contributed by atoms with Crippen molar-refractivity contribution in [2.75, 3.05) is 167 Å². The number of carbonyl (C=O) groups excluding carboxylic acids is 4. The summed E-state index contributed by atoms with van der Waals surface area (Å²) in [6, 6.07) is 65.9. The zero-order valence-electron chi connectivity index (χ0n) is 83.2. The Bertz CT molecular complexity index is 6000. The molecule has 750 valence electrons. The summed E-state index contributed by atoms with van der Waals surface area (Å²) in [5, 5.41) is 18.5. The Kier molecular flexibility index (Phi) is 39.7. The topological polar surface area (TPSA) is 267 Å². The van der Waals surface area contributed by atoms with Crippen LogP contribution in [0, 0.1) is 0 Å². The summed E-state index contributed by atoms with van der Waals surface area (Å²) in [4.78, 5) is 103. The molecule has 8 heterocycles. The van der Waals surface area contributed by atoms with Gasteiger partial charge in [-0.05, 0) is 211 Å². The molecule has 1 saturated carbocycles. The highest BCUT2D eigenvalue weighted by Crippen LogP contribution is 2.37. The molecule has 5 N–H and O–H groups in total. The molecule has 5 fully saturated rings. The predicted molar refractivity (Wildman–Crippen MR) is 590 cm³/mol. The van der Waals surface area contributed by atoms with Crippen LogP contribution in [0.1, 0.15) is 89.5 Å². The van der Waals surface area contributed by atoms with E-state index in [1.807, 2.05) is 152 Å². The van der Waals surface area contributed by atoms with Crippen LogP contribution in [-0.4, -0.2) is 248 Å². The van der Waals surface area contributed by atoms with Crippen LogP contribution in [-0.2, 0) is 44.9 Å². The number of allylic oxidation sites excluding steroid dienone is 4. The van der Waals surface area contributed by atoms with Crippen LogP contribution < -0.4 is 41.1 Å². The molecule has 0 radical (unpaired) electrons. The minimum absolute atomic E-state index is 0.0258. The third-order valence-electron chi connectivity index (χ3n) is 25.9. The van der Waals surface area contributed by atoms with E-state index < -0.39 is 0 Å². The van der Waals surface area contributed by atoms with Gasteiger partial charge in [-0.3, -0.25) is 38.8 Å². The van der Waals surface area contributed by atoms with Gasteiger partial charge in [0.25, 0.3) is 0 Å². The van der Waals surface area contributed by atoms with E-state index in [4.69, 9.17) is 51.1 Å². The van der Waals surface area contributed by atoms with Crippen LogP contribution in [0.2, 0.25) is 20.1 Å². The number of hydrogen-bond donors (Lipinski definition) is 5. The SMILES string of the molecule is C=CC(=O)Cc1cccc(-c2nc(Nc3cccc(N4CCN(C(C)C)CC4)c3)ncc2Cl)c1.C=CC(=O)Cc1cccc(-c2nc(Nc3cccc(N4CCN(C5CC5)CC4)c3)ncc2Cl)c1.C=CC(=O)Cc1cccc(-c2nc(Nc3cccc(NCCCN4CCN(C(C)C)CC4)c3)ncc2Cl)c1.C=CC(=O)Cc1cccc(-c2nc(Nc3cccc(OCCCN4CCN(C(C)C)CC4)c3)ncc2Cl)c1. The third kappa shape index (κ3) is 32.3. The fourth-order valence-electron chi connectivity index (χ4n) is 17.7. The molecule has 4 aliphatic heterocycles. The molecule has 0 bridgehead atoms. The average molecular weight is 2020 g/mol. The maximum Gasteiger partial charge on any atom is 0.227 e. The number of nitrogens with one attached hydrogen (secondary N) is 5. The highest BCUT2D eigenvalue weighted by molar-refractivity contribution is 6.34. The van der Waals surface area contributed by atoms with Crippen molar-refractivity contribution in [3.05, 3.63) is 312 Å². The summed E-state index contributed by atoms with van der Waals surface area (Å²) in [7, 11) is 0. The van der Waals surface area contributed by atoms with E-state index in [-0.39, 0.29) is 29.6 Å². The minimum Gasteiger partial charge on any atom is -0.493 e. The Labute approximate surface area is 867 Å². The van der Waals surface area contributed by atoms with Crippen LogP contribution in [0.4, 0.5) is 63.6 Å². The van der Waals surface area contributed by atoms with Gasteiger partial charge in [-0.1, -0.05) is 170 Å². The second-order valence-electron chi connectivity index (χ2n) is 37.3. The first-order valence-corrected chi connectivity index (χ1v) is 51.2. The largest absolute Gasteiger partial charge is 0.493 e. The number of nitrogens with zero attached hydrogens (tertiary/aromatic N) is 16. The van der Waals surface area contributed by atoms with E-state index in [1.165, 1.54) is 48.5 Å². The van der Waals surface area contributed by atoms with Crippen molar-refractivity contribution >= 4 is 133 Å². The Morgan fingerprint density at radius 2 is 0.667 bits per heavy atom. The molecule has 17 rings (SSSR count). The lowest BCUT2D eigenvalue weighted by Gasteiger charge is -2.38. The van der Waals surface area contributed by atoms with E-state index >= 15 is 0 Å². The van der Waals surface area contributed by atoms with Crippen molar-refractivity contribution in [3.8, 4) is 50.8 Å². The monoisotopic (exact) mass is 2010 g/mol. The molecule has 0 atom stereocenters. The Balaban J connectivity index is 0.000000152. The minimum atomic E-state index is -0.0372. The lowest BCUT2D eigenvalue weighted by atomic mass is 10.0.